The van der Waals surface area contributed by atoms with Crippen LogP contribution in [0, 0.1) is 6.92 Å². The summed E-state index contributed by atoms with van der Waals surface area (Å²) in [6, 6.07) is 11.7. The summed E-state index contributed by atoms with van der Waals surface area (Å²) >= 11 is 7.87. The van der Waals surface area contributed by atoms with Crippen LogP contribution in [0.5, 0.6) is 0 Å². The standard InChI is InChI=1S/C20H20ClN3OS/c1-14-18(12-15-11-16(21)4-5-19(15)22-14)20(25)24-8-6-23(7-9-24)13-17-3-2-10-26-17/h2-5,10-12H,6-9,13H2,1H3. The number of hydrogen-bond donors (Lipinski definition) is 0. The molecule has 1 aliphatic rings. The van der Waals surface area contributed by atoms with Crippen LogP contribution in [0.15, 0.2) is 41.8 Å². The van der Waals surface area contributed by atoms with Gasteiger partial charge in [0.2, 0.25) is 0 Å². The lowest BCUT2D eigenvalue weighted by Gasteiger charge is -2.34. The molecule has 26 heavy (non-hydrogen) atoms. The van der Waals surface area contributed by atoms with Crippen LogP contribution in [0.1, 0.15) is 20.9 Å². The summed E-state index contributed by atoms with van der Waals surface area (Å²) in [5.41, 5.74) is 2.31. The zero-order chi connectivity index (χ0) is 18.1. The van der Waals surface area contributed by atoms with E-state index in [0.29, 0.717) is 10.6 Å². The summed E-state index contributed by atoms with van der Waals surface area (Å²) in [6.07, 6.45) is 0. The minimum absolute atomic E-state index is 0.0626. The van der Waals surface area contributed by atoms with Gasteiger partial charge in [0.1, 0.15) is 0 Å². The van der Waals surface area contributed by atoms with E-state index in [2.05, 4.69) is 27.4 Å². The van der Waals surface area contributed by atoms with Crippen LogP contribution in [0.25, 0.3) is 10.9 Å². The Hall–Kier alpha value is -1.95. The Bertz CT molecular complexity index is 934. The molecule has 0 aliphatic carbocycles. The molecule has 6 heteroatoms. The smallest absolute Gasteiger partial charge is 0.255 e. The molecule has 1 amide bonds. The van der Waals surface area contributed by atoms with Gasteiger partial charge in [-0.1, -0.05) is 17.7 Å². The maximum Gasteiger partial charge on any atom is 0.255 e. The van der Waals surface area contributed by atoms with Crippen molar-refractivity contribution < 1.29 is 4.79 Å². The van der Waals surface area contributed by atoms with E-state index in [1.54, 1.807) is 11.3 Å². The zero-order valence-corrected chi connectivity index (χ0v) is 16.2. The molecular weight excluding hydrogens is 366 g/mol. The second kappa shape index (κ2) is 7.35. The summed E-state index contributed by atoms with van der Waals surface area (Å²) in [4.78, 5) is 23.3. The molecule has 1 aromatic carbocycles. The summed E-state index contributed by atoms with van der Waals surface area (Å²) in [6.45, 7) is 6.16. The van der Waals surface area contributed by atoms with Gasteiger partial charge in [0, 0.05) is 48.0 Å². The van der Waals surface area contributed by atoms with E-state index in [1.165, 1.54) is 4.88 Å². The van der Waals surface area contributed by atoms with E-state index in [-0.39, 0.29) is 5.91 Å². The topological polar surface area (TPSA) is 36.4 Å². The van der Waals surface area contributed by atoms with E-state index in [0.717, 1.165) is 49.3 Å². The predicted octanol–water partition coefficient (Wildman–Crippen LogP) is 4.22. The number of amides is 1. The fraction of sp³-hybridized carbons (Fsp3) is 0.300. The Morgan fingerprint density at radius 3 is 2.73 bits per heavy atom. The third-order valence-electron chi connectivity index (χ3n) is 4.82. The maximum atomic E-state index is 13.0. The van der Waals surface area contributed by atoms with Crippen molar-refractivity contribution in [3.05, 3.63) is 62.9 Å². The molecule has 1 fully saturated rings. The van der Waals surface area contributed by atoms with E-state index in [1.807, 2.05) is 36.1 Å². The Kier molecular flexibility index (Phi) is 4.94. The van der Waals surface area contributed by atoms with Gasteiger partial charge in [-0.2, -0.15) is 0 Å². The molecule has 1 saturated heterocycles. The molecule has 0 radical (unpaired) electrons. The van der Waals surface area contributed by atoms with Crippen molar-refractivity contribution in [2.24, 2.45) is 0 Å². The first-order chi connectivity index (χ1) is 12.6. The molecule has 134 valence electrons. The number of carbonyl (C=O) groups is 1. The number of piperazine rings is 1. The van der Waals surface area contributed by atoms with E-state index in [4.69, 9.17) is 11.6 Å². The highest BCUT2D eigenvalue weighted by Gasteiger charge is 2.24. The molecule has 0 bridgehead atoms. The molecule has 4 rings (SSSR count). The van der Waals surface area contributed by atoms with Crippen LogP contribution in [-0.2, 0) is 6.54 Å². The van der Waals surface area contributed by atoms with Crippen molar-refractivity contribution in [3.63, 3.8) is 0 Å². The minimum atomic E-state index is 0.0626. The summed E-state index contributed by atoms with van der Waals surface area (Å²) in [5, 5.41) is 3.67. The average Bonchev–Trinajstić information content (AvgIpc) is 3.14. The molecule has 0 spiro atoms. The van der Waals surface area contributed by atoms with Crippen LogP contribution in [0.2, 0.25) is 5.02 Å². The Labute approximate surface area is 162 Å². The lowest BCUT2D eigenvalue weighted by Crippen LogP contribution is -2.48. The van der Waals surface area contributed by atoms with Crippen LogP contribution in [0.3, 0.4) is 0 Å². The molecule has 3 aromatic rings. The molecule has 1 aliphatic heterocycles. The first kappa shape index (κ1) is 17.5. The Morgan fingerprint density at radius 2 is 2.00 bits per heavy atom. The molecule has 0 unspecified atom stereocenters. The number of nitrogens with zero attached hydrogens (tertiary/aromatic N) is 3. The molecule has 4 nitrogen and oxygen atoms in total. The van der Waals surface area contributed by atoms with Gasteiger partial charge in [-0.25, -0.2) is 0 Å². The van der Waals surface area contributed by atoms with Gasteiger partial charge in [0.25, 0.3) is 5.91 Å². The fourth-order valence-electron chi connectivity index (χ4n) is 3.36. The summed E-state index contributed by atoms with van der Waals surface area (Å²) in [5.74, 6) is 0.0626. The normalized spacial score (nSPS) is 15.5. The van der Waals surface area contributed by atoms with Gasteiger partial charge in [-0.3, -0.25) is 14.7 Å². The average molecular weight is 386 g/mol. The van der Waals surface area contributed by atoms with Crippen molar-refractivity contribution in [2.75, 3.05) is 26.2 Å². The van der Waals surface area contributed by atoms with Crippen molar-refractivity contribution in [1.82, 2.24) is 14.8 Å². The lowest BCUT2D eigenvalue weighted by molar-refractivity contribution is 0.0628. The van der Waals surface area contributed by atoms with Gasteiger partial charge >= 0.3 is 0 Å². The number of thiophene rings is 1. The molecule has 0 N–H and O–H groups in total. The number of aryl methyl sites for hydroxylation is 1. The SMILES string of the molecule is Cc1nc2ccc(Cl)cc2cc1C(=O)N1CCN(Cc2cccs2)CC1. The molecule has 0 saturated carbocycles. The van der Waals surface area contributed by atoms with Crippen molar-refractivity contribution >= 4 is 39.7 Å². The van der Waals surface area contributed by atoms with Crippen molar-refractivity contribution in [3.8, 4) is 0 Å². The maximum absolute atomic E-state index is 13.0. The number of pyridine rings is 1. The number of hydrogen-bond acceptors (Lipinski definition) is 4. The van der Waals surface area contributed by atoms with E-state index in [9.17, 15) is 4.79 Å². The van der Waals surface area contributed by atoms with Gasteiger partial charge in [-0.05, 0) is 42.6 Å². The van der Waals surface area contributed by atoms with E-state index >= 15 is 0 Å². The van der Waals surface area contributed by atoms with Crippen LogP contribution in [0.4, 0.5) is 0 Å². The van der Waals surface area contributed by atoms with Crippen molar-refractivity contribution in [1.29, 1.82) is 0 Å². The molecule has 2 aromatic heterocycles. The van der Waals surface area contributed by atoms with Gasteiger partial charge in [0.15, 0.2) is 0 Å². The predicted molar refractivity (Wildman–Crippen MR) is 107 cm³/mol. The van der Waals surface area contributed by atoms with Gasteiger partial charge < -0.3 is 4.90 Å². The highest BCUT2D eigenvalue weighted by Crippen LogP contribution is 2.22. The highest BCUT2D eigenvalue weighted by atomic mass is 35.5. The van der Waals surface area contributed by atoms with E-state index < -0.39 is 0 Å². The minimum Gasteiger partial charge on any atom is -0.336 e. The molecular formula is C20H20ClN3OS. The number of rotatable bonds is 3. The second-order valence-electron chi connectivity index (χ2n) is 6.61. The largest absolute Gasteiger partial charge is 0.336 e. The second-order valence-corrected chi connectivity index (χ2v) is 8.07. The number of halogens is 1. The highest BCUT2D eigenvalue weighted by molar-refractivity contribution is 7.09. The van der Waals surface area contributed by atoms with Gasteiger partial charge in [-0.15, -0.1) is 11.3 Å². The Morgan fingerprint density at radius 1 is 1.19 bits per heavy atom. The Balaban J connectivity index is 1.48. The third kappa shape index (κ3) is 3.61. The monoisotopic (exact) mass is 385 g/mol. The zero-order valence-electron chi connectivity index (χ0n) is 14.6. The van der Waals surface area contributed by atoms with Crippen molar-refractivity contribution in [2.45, 2.75) is 13.5 Å². The van der Waals surface area contributed by atoms with Crippen LogP contribution >= 0.6 is 22.9 Å². The fourth-order valence-corrected chi connectivity index (χ4v) is 4.29. The molecule has 0 atom stereocenters. The first-order valence-corrected chi connectivity index (χ1v) is 9.97. The van der Waals surface area contributed by atoms with Gasteiger partial charge in [0.05, 0.1) is 16.8 Å². The summed E-state index contributed by atoms with van der Waals surface area (Å²) < 4.78 is 0. The molecule has 3 heterocycles. The third-order valence-corrected chi connectivity index (χ3v) is 5.91. The van der Waals surface area contributed by atoms with Crippen LogP contribution in [-0.4, -0.2) is 46.9 Å². The summed E-state index contributed by atoms with van der Waals surface area (Å²) in [7, 11) is 0. The lowest BCUT2D eigenvalue weighted by atomic mass is 10.1. The number of fused-ring (bicyclic) bond motifs is 1. The number of benzene rings is 1. The quantitative estimate of drug-likeness (QED) is 0.677. The first-order valence-electron chi connectivity index (χ1n) is 8.71. The van der Waals surface area contributed by atoms with Crippen LogP contribution < -0.4 is 0 Å². The number of carbonyl (C=O) groups excluding carboxylic acids is 1. The number of aromatic nitrogens is 1.